The topological polar surface area (TPSA) is 238 Å². The molecule has 3 N–H and O–H groups in total. The number of aryl methyl sites for hydroxylation is 2. The summed E-state index contributed by atoms with van der Waals surface area (Å²) >= 11 is 5.23. The normalized spacial score (nSPS) is 36.6. The molecule has 0 saturated carbocycles. The highest BCUT2D eigenvalue weighted by atomic mass is 32.5. The van der Waals surface area contributed by atoms with Crippen LogP contribution in [0.15, 0.2) is 12.7 Å². The van der Waals surface area contributed by atoms with Crippen molar-refractivity contribution in [2.75, 3.05) is 23.8 Å². The summed E-state index contributed by atoms with van der Waals surface area (Å²) in [5.74, 6) is -0.179. The number of alkyl halides is 2. The first-order valence-electron chi connectivity index (χ1n) is 15.9. The highest BCUT2D eigenvalue weighted by molar-refractivity contribution is 8.07. The van der Waals surface area contributed by atoms with Crippen LogP contribution in [0.3, 0.4) is 0 Å². The Hall–Kier alpha value is -3.44. The standard InChI is InChI=1S/C26H25BF2N10O10P2S/c27-50(42)44-5-11-20(18(29)26(46-11)39-24-16-10(37-39)2-4-14(41)35-22(16)31-8-33-24)49-51(43,52)45-6-12-19(48-50)17(28)25(47-12)38-23-15-9(36-38)1-3-13(40)34-21(15)30-7-32-23/h7-8,11-12,17-20,25-26H,1-6H2,(H,43,52)(H,30,32,34,40)(H,31,33,35,41)/q-1/t11-,12-,17?,18?,19?,20?,25-,26-,50?,51?/m1/s1. The molecule has 5 aliphatic heterocycles. The first-order chi connectivity index (χ1) is 24.9. The van der Waals surface area contributed by atoms with E-state index in [1.807, 2.05) is 0 Å². The van der Waals surface area contributed by atoms with Gasteiger partial charge in [-0.05, 0) is 11.8 Å². The second-order valence-corrected chi connectivity index (χ2v) is 16.8. The van der Waals surface area contributed by atoms with Crippen molar-refractivity contribution in [3.05, 3.63) is 24.0 Å². The number of carbonyl (C=O) groups excluding carboxylic acids is 2. The van der Waals surface area contributed by atoms with Gasteiger partial charge in [-0.25, -0.2) is 38.1 Å². The molecule has 5 aliphatic rings. The molecular formula is C26H25BF2N10O10P2S-. The molecule has 52 heavy (non-hydrogen) atoms. The minimum Gasteiger partial charge on any atom is -0.444 e. The van der Waals surface area contributed by atoms with Crippen molar-refractivity contribution in [1.82, 2.24) is 39.5 Å². The van der Waals surface area contributed by atoms with Gasteiger partial charge in [-0.15, -0.1) is 0 Å². The van der Waals surface area contributed by atoms with E-state index in [4.69, 9.17) is 46.9 Å². The van der Waals surface area contributed by atoms with Crippen molar-refractivity contribution in [2.45, 2.75) is 74.9 Å². The second kappa shape index (κ2) is 12.6. The molecule has 0 spiro atoms. The highest BCUT2D eigenvalue weighted by Crippen LogP contribution is 2.54. The van der Waals surface area contributed by atoms with Crippen molar-refractivity contribution in [1.29, 1.82) is 0 Å². The van der Waals surface area contributed by atoms with Gasteiger partial charge < -0.3 is 50.7 Å². The van der Waals surface area contributed by atoms with E-state index in [0.717, 1.165) is 22.0 Å². The lowest BCUT2D eigenvalue weighted by atomic mass is 10.1. The van der Waals surface area contributed by atoms with Crippen LogP contribution >= 0.6 is 14.2 Å². The Bertz CT molecular complexity index is 2100. The fraction of sp³-hybridized carbons (Fsp3) is 0.538. The molecule has 0 aliphatic carbocycles. The number of fused-ring (bicyclic) bond motifs is 2. The van der Waals surface area contributed by atoms with Crippen molar-refractivity contribution >= 4 is 79.1 Å². The number of rotatable bonds is 2. The predicted octanol–water partition coefficient (Wildman–Crippen LogP) is 1.22. The Labute approximate surface area is 296 Å². The zero-order valence-electron chi connectivity index (χ0n) is 26.4. The van der Waals surface area contributed by atoms with Gasteiger partial charge in [0.05, 0.1) is 42.8 Å². The summed E-state index contributed by atoms with van der Waals surface area (Å²) in [4.78, 5) is 52.0. The Morgan fingerprint density at radius 3 is 1.79 bits per heavy atom. The fourth-order valence-corrected chi connectivity index (χ4v) is 9.31. The monoisotopic (exact) mass is 780 g/mol. The van der Waals surface area contributed by atoms with Crippen LogP contribution in [0, 0.1) is 0 Å². The molecule has 9 heterocycles. The smallest absolute Gasteiger partial charge is 0.325 e. The minimum atomic E-state index is -4.66. The number of hydrogen-bond acceptors (Lipinski definition) is 16. The Morgan fingerprint density at radius 2 is 1.27 bits per heavy atom. The molecule has 0 aromatic carbocycles. The number of carbonyl (C=O) groups is 2. The molecule has 3 saturated heterocycles. The lowest BCUT2D eigenvalue weighted by molar-refractivity contribution is -0.117. The first kappa shape index (κ1) is 34.3. The Balaban J connectivity index is 1.00. The molecule has 10 atom stereocenters. The van der Waals surface area contributed by atoms with Crippen LogP contribution in [-0.4, -0.2) is 114 Å². The lowest BCUT2D eigenvalue weighted by Gasteiger charge is -2.34. The van der Waals surface area contributed by atoms with Crippen LogP contribution < -0.4 is 10.6 Å². The van der Waals surface area contributed by atoms with Gasteiger partial charge >= 0.3 is 6.72 Å². The van der Waals surface area contributed by atoms with Crippen molar-refractivity contribution in [3.63, 3.8) is 0 Å². The molecule has 273 valence electrons. The van der Waals surface area contributed by atoms with E-state index in [2.05, 4.69) is 40.8 Å². The van der Waals surface area contributed by atoms with E-state index in [9.17, 15) is 19.0 Å². The summed E-state index contributed by atoms with van der Waals surface area (Å²) in [6.07, 6.45) is -10.7. The summed E-state index contributed by atoms with van der Waals surface area (Å²) in [5.41, 5.74) is 1.08. The SMILES string of the molecule is [B-]P1(=O)OC[C@H]2O[C@@H](n3nc4c5c(ncnc53)NC(=O)CC4)C(F)C2OP(O)(=S)OC[C@H]2O[C@@H](n3nc4c5c(ncnc53)NC(=O)CC4)C(F)C2O1. The van der Waals surface area contributed by atoms with Crippen molar-refractivity contribution in [2.24, 2.45) is 0 Å². The second-order valence-electron chi connectivity index (χ2n) is 12.5. The molecule has 3 radical (unpaired) electrons. The van der Waals surface area contributed by atoms with Crippen molar-refractivity contribution in [3.8, 4) is 0 Å². The van der Waals surface area contributed by atoms with E-state index in [0.29, 0.717) is 22.2 Å². The van der Waals surface area contributed by atoms with Gasteiger partial charge in [-0.3, -0.25) is 14.1 Å². The maximum atomic E-state index is 16.4. The van der Waals surface area contributed by atoms with E-state index in [1.54, 1.807) is 0 Å². The summed E-state index contributed by atoms with van der Waals surface area (Å²) in [5, 5.41) is 15.0. The van der Waals surface area contributed by atoms with Gasteiger partial charge in [-0.2, -0.15) is 10.2 Å². The lowest BCUT2D eigenvalue weighted by Crippen LogP contribution is -2.37. The average molecular weight is 780 g/mol. The molecule has 0 bridgehead atoms. The number of halogens is 2. The third-order valence-corrected chi connectivity index (χ3v) is 11.8. The first-order valence-corrected chi connectivity index (χ1v) is 20.1. The van der Waals surface area contributed by atoms with E-state index < -0.39 is 76.6 Å². The number of ether oxygens (including phenoxy) is 2. The van der Waals surface area contributed by atoms with Crippen LogP contribution in [0.25, 0.3) is 22.1 Å². The van der Waals surface area contributed by atoms with Crippen LogP contribution in [-0.2, 0) is 66.4 Å². The van der Waals surface area contributed by atoms with Crippen LogP contribution in [0.1, 0.15) is 36.7 Å². The number of nitrogens with zero attached hydrogens (tertiary/aromatic N) is 8. The highest BCUT2D eigenvalue weighted by Gasteiger charge is 2.53. The molecular weight excluding hydrogens is 755 g/mol. The van der Waals surface area contributed by atoms with Crippen molar-refractivity contribution < 1.29 is 55.4 Å². The average Bonchev–Trinajstić information content (AvgIpc) is 3.76. The molecule has 26 heteroatoms. The number of anilines is 2. The van der Waals surface area contributed by atoms with Gasteiger partial charge in [0.2, 0.25) is 11.8 Å². The fourth-order valence-electron chi connectivity index (χ4n) is 6.87. The number of aromatic nitrogens is 8. The van der Waals surface area contributed by atoms with Crippen LogP contribution in [0.4, 0.5) is 20.4 Å². The van der Waals surface area contributed by atoms with E-state index in [1.165, 1.54) is 0 Å². The Morgan fingerprint density at radius 1 is 0.788 bits per heavy atom. The molecule has 9 rings (SSSR count). The molecule has 3 fully saturated rings. The largest absolute Gasteiger partial charge is 0.444 e. The molecule has 4 aromatic heterocycles. The summed E-state index contributed by atoms with van der Waals surface area (Å²) < 4.78 is 82.6. The van der Waals surface area contributed by atoms with Crippen LogP contribution in [0.2, 0.25) is 0 Å². The van der Waals surface area contributed by atoms with E-state index >= 15 is 8.78 Å². The number of amides is 2. The maximum Gasteiger partial charge on any atom is 0.325 e. The number of nitrogens with one attached hydrogen (secondary N) is 2. The molecule has 6 unspecified atom stereocenters. The van der Waals surface area contributed by atoms with Crippen LogP contribution in [0.5, 0.6) is 0 Å². The zero-order valence-corrected chi connectivity index (χ0v) is 29.0. The predicted molar refractivity (Wildman–Crippen MR) is 174 cm³/mol. The summed E-state index contributed by atoms with van der Waals surface area (Å²) in [6.45, 7) is -5.77. The third-order valence-electron chi connectivity index (χ3n) is 9.18. The van der Waals surface area contributed by atoms with Gasteiger partial charge in [0.15, 0.2) is 36.1 Å². The number of hydrogen-bond donors (Lipinski definition) is 3. The Kier molecular flexibility index (Phi) is 8.30. The summed E-state index contributed by atoms with van der Waals surface area (Å²) in [7, 11) is 1.28. The van der Waals surface area contributed by atoms with Gasteiger partial charge in [0.25, 0.3) is 0 Å². The van der Waals surface area contributed by atoms with Gasteiger partial charge in [-0.1, -0.05) is 0 Å². The molecule has 4 aromatic rings. The minimum absolute atomic E-state index is 0.0881. The van der Waals surface area contributed by atoms with Gasteiger partial charge in [0, 0.05) is 25.7 Å². The zero-order chi connectivity index (χ0) is 36.1. The quantitative estimate of drug-likeness (QED) is 0.191. The van der Waals surface area contributed by atoms with E-state index in [-0.39, 0.29) is 60.4 Å². The summed E-state index contributed by atoms with van der Waals surface area (Å²) in [6, 6.07) is 0. The third kappa shape index (κ3) is 5.85. The molecule has 20 nitrogen and oxygen atoms in total. The van der Waals surface area contributed by atoms with Gasteiger partial charge in [0.1, 0.15) is 48.7 Å². The molecule has 2 amide bonds. The maximum absolute atomic E-state index is 16.4.